The van der Waals surface area contributed by atoms with Gasteiger partial charge in [-0.3, -0.25) is 4.68 Å². The minimum absolute atomic E-state index is 0.391. The molecule has 0 bridgehead atoms. The van der Waals surface area contributed by atoms with Crippen LogP contribution in [0.4, 0.5) is 0 Å². The van der Waals surface area contributed by atoms with Crippen LogP contribution in [0.3, 0.4) is 0 Å². The van der Waals surface area contributed by atoms with Crippen molar-refractivity contribution in [3.63, 3.8) is 0 Å². The van der Waals surface area contributed by atoms with E-state index in [1.807, 2.05) is 50.0 Å². The molecule has 0 saturated heterocycles. The Morgan fingerprint density at radius 3 is 2.81 bits per heavy atom. The number of benzene rings is 1. The van der Waals surface area contributed by atoms with Gasteiger partial charge in [0.15, 0.2) is 0 Å². The third kappa shape index (κ3) is 3.31. The van der Waals surface area contributed by atoms with Crippen molar-refractivity contribution in [2.75, 3.05) is 14.2 Å². The summed E-state index contributed by atoms with van der Waals surface area (Å²) >= 11 is 0. The summed E-state index contributed by atoms with van der Waals surface area (Å²) in [5.74, 6) is 1.77. The van der Waals surface area contributed by atoms with Gasteiger partial charge < -0.3 is 18.6 Å². The lowest BCUT2D eigenvalue weighted by molar-refractivity contribution is 0.0170. The van der Waals surface area contributed by atoms with E-state index in [4.69, 9.17) is 19.1 Å². The highest BCUT2D eigenvalue weighted by atomic mass is 16.5. The van der Waals surface area contributed by atoms with Crippen molar-refractivity contribution in [2.45, 2.75) is 32.3 Å². The van der Waals surface area contributed by atoms with Gasteiger partial charge in [-0.1, -0.05) is 5.16 Å². The molecule has 1 aliphatic rings. The van der Waals surface area contributed by atoms with E-state index in [0.29, 0.717) is 30.3 Å². The topological polar surface area (TPSA) is 93.0 Å². The van der Waals surface area contributed by atoms with E-state index in [1.165, 1.54) is 0 Å². The molecule has 0 radical (unpaired) electrons. The van der Waals surface area contributed by atoms with Crippen molar-refractivity contribution in [3.8, 4) is 34.2 Å². The van der Waals surface area contributed by atoms with Gasteiger partial charge in [-0.25, -0.2) is 4.98 Å². The first-order valence-electron chi connectivity index (χ1n) is 10.0. The van der Waals surface area contributed by atoms with E-state index in [-0.39, 0.29) is 0 Å². The zero-order chi connectivity index (χ0) is 21.8. The minimum Gasteiger partial charge on any atom is -0.497 e. The Bertz CT molecular complexity index is 1270. The van der Waals surface area contributed by atoms with E-state index >= 15 is 0 Å². The predicted octanol–water partition coefficient (Wildman–Crippen LogP) is 3.20. The number of rotatable bonds is 5. The maximum absolute atomic E-state index is 5.50. The van der Waals surface area contributed by atoms with Crippen LogP contribution in [-0.2, 0) is 24.6 Å². The summed E-state index contributed by atoms with van der Waals surface area (Å²) in [5, 5.41) is 8.91. The molecule has 0 N–H and O–H groups in total. The number of hydrogen-bond acceptors (Lipinski definition) is 7. The molecule has 1 aromatic carbocycles. The van der Waals surface area contributed by atoms with Crippen molar-refractivity contribution >= 4 is 0 Å². The number of aromatic nitrogens is 6. The van der Waals surface area contributed by atoms with Crippen molar-refractivity contribution in [1.82, 2.24) is 29.5 Å². The number of methoxy groups -OCH3 is 2. The summed E-state index contributed by atoms with van der Waals surface area (Å²) in [6.45, 7) is 3.96. The summed E-state index contributed by atoms with van der Waals surface area (Å²) in [4.78, 5) is 9.24. The zero-order valence-corrected chi connectivity index (χ0v) is 18.2. The smallest absolute Gasteiger partial charge is 0.229 e. The van der Waals surface area contributed by atoms with Gasteiger partial charge in [0.25, 0.3) is 0 Å². The van der Waals surface area contributed by atoms with E-state index < -0.39 is 5.60 Å². The Balaban J connectivity index is 1.63. The first-order chi connectivity index (χ1) is 14.9. The number of aryl methyl sites for hydroxylation is 1. The Morgan fingerprint density at radius 1 is 1.19 bits per heavy atom. The molecule has 4 aromatic rings. The van der Waals surface area contributed by atoms with Crippen LogP contribution in [0.25, 0.3) is 28.5 Å². The number of ether oxygens (including phenoxy) is 2. The molecular weight excluding hydrogens is 396 g/mol. The van der Waals surface area contributed by atoms with E-state index in [0.717, 1.165) is 34.0 Å². The number of fused-ring (bicyclic) bond motifs is 5. The minimum atomic E-state index is -0.391. The van der Waals surface area contributed by atoms with E-state index in [2.05, 4.69) is 19.7 Å². The van der Waals surface area contributed by atoms with Crippen molar-refractivity contribution in [1.29, 1.82) is 0 Å². The van der Waals surface area contributed by atoms with Crippen LogP contribution in [0.5, 0.6) is 5.75 Å². The van der Waals surface area contributed by atoms with Crippen molar-refractivity contribution in [2.24, 2.45) is 7.05 Å². The molecule has 0 saturated carbocycles. The Kier molecular flexibility index (Phi) is 4.44. The molecular formula is C22H24N6O3. The first-order valence-corrected chi connectivity index (χ1v) is 10.0. The van der Waals surface area contributed by atoms with Crippen LogP contribution >= 0.6 is 0 Å². The summed E-state index contributed by atoms with van der Waals surface area (Å²) < 4.78 is 20.3. The molecule has 0 aliphatic carbocycles. The van der Waals surface area contributed by atoms with Gasteiger partial charge in [-0.15, -0.1) is 0 Å². The van der Waals surface area contributed by atoms with Crippen LogP contribution in [0.2, 0.25) is 0 Å². The zero-order valence-electron chi connectivity index (χ0n) is 18.2. The van der Waals surface area contributed by atoms with Gasteiger partial charge in [0, 0.05) is 37.9 Å². The normalized spacial score (nSPS) is 12.8. The molecule has 0 amide bonds. The maximum atomic E-state index is 5.50. The predicted molar refractivity (Wildman–Crippen MR) is 113 cm³/mol. The van der Waals surface area contributed by atoms with Gasteiger partial charge in [0.2, 0.25) is 11.7 Å². The standard InChI is InChI=1S/C22H24N6O3/c1-22(2,30-5)10-18-24-21(26-31-18)20-17-8-13-11-27(3)25-19(13)15-9-14(29-4)6-7-16(15)28(17)12-23-20/h6-7,9,11-12H,8,10H2,1-5H3. The highest BCUT2D eigenvalue weighted by molar-refractivity contribution is 5.77. The third-order valence-corrected chi connectivity index (χ3v) is 5.66. The quantitative estimate of drug-likeness (QED) is 0.431. The molecule has 9 nitrogen and oxygen atoms in total. The molecule has 4 heterocycles. The second-order valence-corrected chi connectivity index (χ2v) is 8.30. The summed E-state index contributed by atoms with van der Waals surface area (Å²) in [5.41, 5.74) is 5.30. The van der Waals surface area contributed by atoms with Gasteiger partial charge in [-0.05, 0) is 32.0 Å². The average Bonchev–Trinajstić information content (AvgIpc) is 3.45. The summed E-state index contributed by atoms with van der Waals surface area (Å²) in [6, 6.07) is 5.97. The molecule has 31 heavy (non-hydrogen) atoms. The van der Waals surface area contributed by atoms with Crippen LogP contribution in [0.1, 0.15) is 31.0 Å². The number of nitrogens with zero attached hydrogens (tertiary/aromatic N) is 6. The van der Waals surface area contributed by atoms with Gasteiger partial charge >= 0.3 is 0 Å². The Hall–Kier alpha value is -3.46. The molecule has 0 atom stereocenters. The molecule has 160 valence electrons. The van der Waals surface area contributed by atoms with Crippen LogP contribution in [0, 0.1) is 0 Å². The Morgan fingerprint density at radius 2 is 2.03 bits per heavy atom. The molecule has 3 aromatic heterocycles. The molecule has 5 rings (SSSR count). The van der Waals surface area contributed by atoms with Crippen molar-refractivity contribution in [3.05, 3.63) is 47.9 Å². The fourth-order valence-electron chi connectivity index (χ4n) is 3.91. The van der Waals surface area contributed by atoms with E-state index in [1.54, 1.807) is 20.5 Å². The van der Waals surface area contributed by atoms with Crippen LogP contribution in [-0.4, -0.2) is 49.3 Å². The maximum Gasteiger partial charge on any atom is 0.229 e. The van der Waals surface area contributed by atoms with Gasteiger partial charge in [0.05, 0.1) is 36.2 Å². The highest BCUT2D eigenvalue weighted by Crippen LogP contribution is 2.38. The van der Waals surface area contributed by atoms with E-state index in [9.17, 15) is 0 Å². The monoisotopic (exact) mass is 420 g/mol. The van der Waals surface area contributed by atoms with Crippen LogP contribution in [0.15, 0.2) is 35.2 Å². The second kappa shape index (κ2) is 7.05. The average molecular weight is 420 g/mol. The summed E-state index contributed by atoms with van der Waals surface area (Å²) in [6.07, 6.45) is 5.00. The summed E-state index contributed by atoms with van der Waals surface area (Å²) in [7, 11) is 5.26. The SMILES string of the molecule is COc1ccc2c(c1)-c1nn(C)cc1Cc1c(-c3noc(CC(C)(C)OC)n3)ncn1-2. The van der Waals surface area contributed by atoms with Crippen molar-refractivity contribution < 1.29 is 14.0 Å². The number of hydrogen-bond donors (Lipinski definition) is 0. The molecule has 1 aliphatic heterocycles. The molecule has 9 heteroatoms. The molecule has 0 spiro atoms. The first kappa shape index (κ1) is 19.5. The lowest BCUT2D eigenvalue weighted by atomic mass is 10.0. The lowest BCUT2D eigenvalue weighted by Gasteiger charge is -2.19. The van der Waals surface area contributed by atoms with Gasteiger partial charge in [0.1, 0.15) is 17.8 Å². The fraction of sp³-hybridized carbons (Fsp3) is 0.364. The Labute approximate surface area is 179 Å². The lowest BCUT2D eigenvalue weighted by Crippen LogP contribution is -2.25. The second-order valence-electron chi connectivity index (χ2n) is 8.30. The highest BCUT2D eigenvalue weighted by Gasteiger charge is 2.28. The van der Waals surface area contributed by atoms with Gasteiger partial charge in [-0.2, -0.15) is 10.1 Å². The third-order valence-electron chi connectivity index (χ3n) is 5.66. The fourth-order valence-corrected chi connectivity index (χ4v) is 3.91. The van der Waals surface area contributed by atoms with Crippen LogP contribution < -0.4 is 4.74 Å². The largest absolute Gasteiger partial charge is 0.497 e. The molecule has 0 unspecified atom stereocenters. The number of imidazole rings is 1. The molecule has 0 fully saturated rings.